The normalized spacial score (nSPS) is 11.4. The number of hydrogen-bond donors (Lipinski definition) is 2. The number of nitrogens with zero attached hydrogens (tertiary/aromatic N) is 1. The van der Waals surface area contributed by atoms with Crippen LogP contribution in [0, 0.1) is 6.92 Å². The zero-order chi connectivity index (χ0) is 14.8. The van der Waals surface area contributed by atoms with Crippen molar-refractivity contribution in [3.8, 4) is 11.3 Å². The van der Waals surface area contributed by atoms with Crippen LogP contribution < -0.4 is 10.6 Å². The zero-order valence-corrected chi connectivity index (χ0v) is 12.2. The van der Waals surface area contributed by atoms with E-state index >= 15 is 0 Å². The van der Waals surface area contributed by atoms with Crippen LogP contribution in [0.5, 0.6) is 0 Å². The first-order valence-electron chi connectivity index (χ1n) is 6.45. The minimum absolute atomic E-state index is 0.0787. The van der Waals surface area contributed by atoms with Gasteiger partial charge in [0.25, 0.3) is 0 Å². The Morgan fingerprint density at radius 1 is 1.25 bits per heavy atom. The molecule has 0 atom stereocenters. The van der Waals surface area contributed by atoms with Gasteiger partial charge < -0.3 is 15.1 Å². The van der Waals surface area contributed by atoms with E-state index in [0.29, 0.717) is 5.89 Å². The molecule has 5 heteroatoms. The lowest BCUT2D eigenvalue weighted by atomic mass is 10.0. The van der Waals surface area contributed by atoms with Crippen LogP contribution in [-0.4, -0.2) is 23.5 Å². The van der Waals surface area contributed by atoms with Gasteiger partial charge in [0, 0.05) is 18.2 Å². The van der Waals surface area contributed by atoms with E-state index in [1.807, 2.05) is 38.1 Å². The van der Waals surface area contributed by atoms with Crippen LogP contribution in [0.25, 0.3) is 11.3 Å². The number of carbonyl (C=O) groups is 1. The topological polar surface area (TPSA) is 67.2 Å². The molecule has 1 heterocycles. The fourth-order valence-electron chi connectivity index (χ4n) is 1.62. The second-order valence-electron chi connectivity index (χ2n) is 5.16. The lowest BCUT2D eigenvalue weighted by molar-refractivity contribution is -0.121. The fourth-order valence-corrected chi connectivity index (χ4v) is 1.62. The molecule has 0 aliphatic rings. The molecule has 0 spiro atoms. The zero-order valence-electron chi connectivity index (χ0n) is 12.2. The van der Waals surface area contributed by atoms with E-state index in [0.717, 1.165) is 16.9 Å². The predicted octanol–water partition coefficient (Wildman–Crippen LogP) is 2.59. The van der Waals surface area contributed by atoms with E-state index in [9.17, 15) is 4.79 Å². The predicted molar refractivity (Wildman–Crippen MR) is 78.4 cm³/mol. The molecule has 0 saturated heterocycles. The minimum Gasteiger partial charge on any atom is -0.449 e. The average Bonchev–Trinajstić information content (AvgIpc) is 2.86. The summed E-state index contributed by atoms with van der Waals surface area (Å²) < 4.78 is 5.18. The lowest BCUT2D eigenvalue weighted by Crippen LogP contribution is -2.47. The van der Waals surface area contributed by atoms with Crippen molar-refractivity contribution in [2.45, 2.75) is 26.3 Å². The highest BCUT2D eigenvalue weighted by Crippen LogP contribution is 2.21. The van der Waals surface area contributed by atoms with E-state index < -0.39 is 5.54 Å². The maximum Gasteiger partial charge on any atom is 0.244 e. The summed E-state index contributed by atoms with van der Waals surface area (Å²) in [4.78, 5) is 16.3. The summed E-state index contributed by atoms with van der Waals surface area (Å²) >= 11 is 0. The Labute approximate surface area is 118 Å². The number of anilines is 1. The molecule has 0 fully saturated rings. The highest BCUT2D eigenvalue weighted by atomic mass is 16.3. The molecule has 2 aromatic rings. The molecule has 5 nitrogen and oxygen atoms in total. The molecule has 0 radical (unpaired) electrons. The van der Waals surface area contributed by atoms with Crippen molar-refractivity contribution in [2.75, 3.05) is 12.4 Å². The number of aromatic nitrogens is 1. The van der Waals surface area contributed by atoms with Crippen LogP contribution in [0.4, 0.5) is 5.69 Å². The number of nitrogens with one attached hydrogen (secondary N) is 2. The lowest BCUT2D eigenvalue weighted by Gasteiger charge is -2.22. The highest BCUT2D eigenvalue weighted by molar-refractivity contribution is 5.97. The summed E-state index contributed by atoms with van der Waals surface area (Å²) in [6.07, 6.45) is 1.62. The third-order valence-electron chi connectivity index (χ3n) is 3.25. The summed E-state index contributed by atoms with van der Waals surface area (Å²) in [6.45, 7) is 5.46. The number of rotatable bonds is 4. The van der Waals surface area contributed by atoms with Crippen LogP contribution in [0.2, 0.25) is 0 Å². The summed E-state index contributed by atoms with van der Waals surface area (Å²) in [7, 11) is 1.76. The highest BCUT2D eigenvalue weighted by Gasteiger charge is 2.24. The van der Waals surface area contributed by atoms with Crippen molar-refractivity contribution in [3.63, 3.8) is 0 Å². The second kappa shape index (κ2) is 5.46. The SMILES string of the molecule is CNC(C)(C)C(=O)Nc1ccc(-c2coc(C)n2)cc1. The van der Waals surface area contributed by atoms with Gasteiger partial charge in [0.2, 0.25) is 5.91 Å². The van der Waals surface area contributed by atoms with Gasteiger partial charge in [-0.1, -0.05) is 12.1 Å². The Balaban J connectivity index is 2.11. The van der Waals surface area contributed by atoms with Gasteiger partial charge in [-0.2, -0.15) is 0 Å². The van der Waals surface area contributed by atoms with Gasteiger partial charge in [-0.15, -0.1) is 0 Å². The monoisotopic (exact) mass is 273 g/mol. The second-order valence-corrected chi connectivity index (χ2v) is 5.16. The maximum atomic E-state index is 12.0. The quantitative estimate of drug-likeness (QED) is 0.898. The summed E-state index contributed by atoms with van der Waals surface area (Å²) in [5.41, 5.74) is 1.88. The average molecular weight is 273 g/mol. The third kappa shape index (κ3) is 3.05. The number of carbonyl (C=O) groups excluding carboxylic acids is 1. The Morgan fingerprint density at radius 2 is 1.90 bits per heavy atom. The molecule has 1 aromatic carbocycles. The first kappa shape index (κ1) is 14.3. The molecule has 1 amide bonds. The van der Waals surface area contributed by atoms with E-state index in [2.05, 4.69) is 15.6 Å². The number of oxazole rings is 1. The summed E-state index contributed by atoms with van der Waals surface area (Å²) in [5, 5.41) is 5.84. The summed E-state index contributed by atoms with van der Waals surface area (Å²) in [6, 6.07) is 7.50. The van der Waals surface area contributed by atoms with Gasteiger partial charge in [-0.25, -0.2) is 4.98 Å². The standard InChI is InChI=1S/C15H19N3O2/c1-10-17-13(9-20-10)11-5-7-12(8-6-11)18-14(19)15(2,3)16-4/h5-9,16H,1-4H3,(H,18,19). The fraction of sp³-hybridized carbons (Fsp3) is 0.333. The van der Waals surface area contributed by atoms with E-state index in [-0.39, 0.29) is 5.91 Å². The molecule has 0 aliphatic carbocycles. The van der Waals surface area contributed by atoms with E-state index in [1.165, 1.54) is 0 Å². The van der Waals surface area contributed by atoms with Gasteiger partial charge in [0.1, 0.15) is 12.0 Å². The van der Waals surface area contributed by atoms with Gasteiger partial charge in [-0.05, 0) is 33.0 Å². The molecule has 106 valence electrons. The number of benzene rings is 1. The van der Waals surface area contributed by atoms with E-state index in [1.54, 1.807) is 20.2 Å². The smallest absolute Gasteiger partial charge is 0.244 e. The number of hydrogen-bond acceptors (Lipinski definition) is 4. The van der Waals surface area contributed by atoms with Crippen molar-refractivity contribution < 1.29 is 9.21 Å². The first-order valence-corrected chi connectivity index (χ1v) is 6.45. The van der Waals surface area contributed by atoms with Crippen molar-refractivity contribution in [3.05, 3.63) is 36.4 Å². The van der Waals surface area contributed by atoms with Gasteiger partial charge >= 0.3 is 0 Å². The molecular weight excluding hydrogens is 254 g/mol. The molecule has 2 N–H and O–H groups in total. The van der Waals surface area contributed by atoms with Gasteiger partial charge in [0.05, 0.1) is 5.54 Å². The van der Waals surface area contributed by atoms with Crippen LogP contribution in [0.1, 0.15) is 19.7 Å². The van der Waals surface area contributed by atoms with E-state index in [4.69, 9.17) is 4.42 Å². The van der Waals surface area contributed by atoms with Crippen LogP contribution in [0.3, 0.4) is 0 Å². The molecule has 1 aromatic heterocycles. The maximum absolute atomic E-state index is 12.0. The minimum atomic E-state index is -0.609. The number of amides is 1. The molecule has 0 aliphatic heterocycles. The molecule has 0 saturated carbocycles. The molecule has 2 rings (SSSR count). The van der Waals surface area contributed by atoms with Crippen LogP contribution in [0.15, 0.2) is 34.9 Å². The summed E-state index contributed by atoms with van der Waals surface area (Å²) in [5.74, 6) is 0.554. The molecule has 0 unspecified atom stereocenters. The van der Waals surface area contributed by atoms with Crippen molar-refractivity contribution in [1.29, 1.82) is 0 Å². The number of aryl methyl sites for hydroxylation is 1. The van der Waals surface area contributed by atoms with Crippen molar-refractivity contribution in [2.24, 2.45) is 0 Å². The Morgan fingerprint density at radius 3 is 2.40 bits per heavy atom. The Bertz CT molecular complexity index is 600. The van der Waals surface area contributed by atoms with Crippen molar-refractivity contribution in [1.82, 2.24) is 10.3 Å². The Kier molecular flexibility index (Phi) is 3.90. The largest absolute Gasteiger partial charge is 0.449 e. The Hall–Kier alpha value is -2.14. The third-order valence-corrected chi connectivity index (χ3v) is 3.25. The first-order chi connectivity index (χ1) is 9.42. The molecule has 0 bridgehead atoms. The van der Waals surface area contributed by atoms with Crippen molar-refractivity contribution >= 4 is 11.6 Å². The van der Waals surface area contributed by atoms with Gasteiger partial charge in [0.15, 0.2) is 5.89 Å². The van der Waals surface area contributed by atoms with Crippen LogP contribution in [-0.2, 0) is 4.79 Å². The number of likely N-dealkylation sites (N-methyl/N-ethyl adjacent to an activating group) is 1. The molecular formula is C15H19N3O2. The molecule has 20 heavy (non-hydrogen) atoms. The van der Waals surface area contributed by atoms with Gasteiger partial charge in [-0.3, -0.25) is 4.79 Å². The van der Waals surface area contributed by atoms with Crippen LogP contribution >= 0.6 is 0 Å².